The molecule has 2 bridgehead atoms. The lowest BCUT2D eigenvalue weighted by Crippen LogP contribution is -2.72. The maximum Gasteiger partial charge on any atom is 0.321 e. The molecule has 3 heteroatoms. The van der Waals surface area contributed by atoms with E-state index >= 15 is 0 Å². The van der Waals surface area contributed by atoms with Gasteiger partial charge in [-0.2, -0.15) is 0 Å². The molecule has 1 atom stereocenters. The number of aryl methyl sites for hydroxylation is 3. The number of carboxylic acid groups (broad SMARTS) is 1. The number of hydrogen-bond donors (Lipinski definition) is 2. The van der Waals surface area contributed by atoms with Gasteiger partial charge in [0.05, 0.1) is 0 Å². The fourth-order valence-corrected chi connectivity index (χ4v) is 4.74. The van der Waals surface area contributed by atoms with Crippen LogP contribution in [-0.2, 0) is 10.2 Å². The van der Waals surface area contributed by atoms with Crippen LogP contribution in [0.5, 0.6) is 0 Å². The first kappa shape index (κ1) is 12.7. The molecule has 0 aliphatic heterocycles. The number of aliphatic carboxylic acids is 1. The van der Waals surface area contributed by atoms with E-state index in [1.807, 2.05) is 0 Å². The third kappa shape index (κ3) is 1.51. The number of rotatable bonds is 3. The van der Waals surface area contributed by atoms with Gasteiger partial charge in [-0.1, -0.05) is 17.7 Å². The highest BCUT2D eigenvalue weighted by Gasteiger charge is 2.72. The number of benzene rings is 1. The van der Waals surface area contributed by atoms with Gasteiger partial charge < -0.3 is 10.8 Å². The Morgan fingerprint density at radius 2 is 1.68 bits per heavy atom. The Balaban J connectivity index is 1.88. The molecule has 0 radical (unpaired) electrons. The summed E-state index contributed by atoms with van der Waals surface area (Å²) in [6, 6.07) is 3.76. The summed E-state index contributed by atoms with van der Waals surface area (Å²) in [5.74, 6) is -0.856. The van der Waals surface area contributed by atoms with Crippen molar-refractivity contribution >= 4 is 5.97 Å². The normalized spacial score (nSPS) is 33.3. The summed E-state index contributed by atoms with van der Waals surface area (Å²) in [5.41, 5.74) is 11.3. The van der Waals surface area contributed by atoms with Crippen LogP contribution < -0.4 is 5.73 Å². The van der Waals surface area contributed by atoms with Gasteiger partial charge in [-0.3, -0.25) is 4.79 Å². The van der Waals surface area contributed by atoms with Crippen molar-refractivity contribution in [3.8, 4) is 0 Å². The Morgan fingerprint density at radius 3 is 2.11 bits per heavy atom. The van der Waals surface area contributed by atoms with Gasteiger partial charge in [0.15, 0.2) is 0 Å². The molecule has 3 nitrogen and oxygen atoms in total. The van der Waals surface area contributed by atoms with Crippen LogP contribution in [0.4, 0.5) is 0 Å². The van der Waals surface area contributed by atoms with E-state index in [4.69, 9.17) is 10.8 Å². The Hall–Kier alpha value is -1.35. The lowest BCUT2D eigenvalue weighted by Gasteiger charge is -2.73. The Bertz CT molecular complexity index is 533. The maximum absolute atomic E-state index is 11.1. The second kappa shape index (κ2) is 3.60. The molecule has 4 rings (SSSR count). The van der Waals surface area contributed by atoms with E-state index in [-0.39, 0.29) is 10.8 Å². The first-order valence-corrected chi connectivity index (χ1v) is 6.86. The van der Waals surface area contributed by atoms with Crippen molar-refractivity contribution in [2.24, 2.45) is 11.1 Å². The van der Waals surface area contributed by atoms with Gasteiger partial charge in [0, 0.05) is 0 Å². The second-order valence-corrected chi connectivity index (χ2v) is 6.76. The van der Waals surface area contributed by atoms with E-state index in [0.29, 0.717) is 0 Å². The van der Waals surface area contributed by atoms with Gasteiger partial charge in [-0.25, -0.2) is 0 Å². The van der Waals surface area contributed by atoms with Gasteiger partial charge in [0.2, 0.25) is 0 Å². The van der Waals surface area contributed by atoms with Crippen LogP contribution in [0.25, 0.3) is 0 Å². The number of nitrogens with two attached hydrogens (primary N) is 1. The Morgan fingerprint density at radius 1 is 1.21 bits per heavy atom. The highest BCUT2D eigenvalue weighted by atomic mass is 16.4. The van der Waals surface area contributed by atoms with E-state index in [1.165, 1.54) is 22.3 Å². The zero-order valence-corrected chi connectivity index (χ0v) is 11.8. The zero-order valence-electron chi connectivity index (χ0n) is 11.8. The van der Waals surface area contributed by atoms with Gasteiger partial charge in [-0.05, 0) is 67.6 Å². The summed E-state index contributed by atoms with van der Waals surface area (Å²) < 4.78 is 0. The third-order valence-corrected chi connectivity index (χ3v) is 5.20. The monoisotopic (exact) mass is 259 g/mol. The van der Waals surface area contributed by atoms with Crippen LogP contribution in [0, 0.1) is 26.2 Å². The summed E-state index contributed by atoms with van der Waals surface area (Å²) in [6.07, 6.45) is 2.83. The molecule has 0 spiro atoms. The minimum absolute atomic E-state index is 0.129. The van der Waals surface area contributed by atoms with Gasteiger partial charge in [0.1, 0.15) is 6.04 Å². The molecule has 19 heavy (non-hydrogen) atoms. The van der Waals surface area contributed by atoms with Crippen molar-refractivity contribution in [1.82, 2.24) is 0 Å². The van der Waals surface area contributed by atoms with Crippen molar-refractivity contribution in [3.05, 3.63) is 34.4 Å². The van der Waals surface area contributed by atoms with Crippen molar-refractivity contribution in [1.29, 1.82) is 0 Å². The van der Waals surface area contributed by atoms with Crippen molar-refractivity contribution in [2.75, 3.05) is 0 Å². The molecule has 3 aliphatic rings. The SMILES string of the molecule is Cc1cc(C)c(C23CC(C(N)C(=O)O)(C2)C3)c(C)c1. The fraction of sp³-hybridized carbons (Fsp3) is 0.562. The van der Waals surface area contributed by atoms with Crippen molar-refractivity contribution in [3.63, 3.8) is 0 Å². The van der Waals surface area contributed by atoms with Crippen LogP contribution in [-0.4, -0.2) is 17.1 Å². The average molecular weight is 259 g/mol. The molecule has 1 aromatic rings. The molecule has 102 valence electrons. The first-order valence-electron chi connectivity index (χ1n) is 6.86. The summed E-state index contributed by atoms with van der Waals surface area (Å²) in [6.45, 7) is 6.45. The fourth-order valence-electron chi connectivity index (χ4n) is 4.74. The van der Waals surface area contributed by atoms with Crippen LogP contribution >= 0.6 is 0 Å². The molecule has 1 unspecified atom stereocenters. The lowest BCUT2D eigenvalue weighted by atomic mass is 9.31. The molecular formula is C16H21NO2. The van der Waals surface area contributed by atoms with E-state index in [9.17, 15) is 4.79 Å². The van der Waals surface area contributed by atoms with Crippen LogP contribution in [0.15, 0.2) is 12.1 Å². The quantitative estimate of drug-likeness (QED) is 0.876. The molecule has 0 heterocycles. The zero-order chi connectivity index (χ0) is 14.0. The summed E-state index contributed by atoms with van der Waals surface area (Å²) in [5, 5.41) is 9.08. The van der Waals surface area contributed by atoms with Gasteiger partial charge in [0.25, 0.3) is 0 Å². The smallest absolute Gasteiger partial charge is 0.321 e. The van der Waals surface area contributed by atoms with Gasteiger partial charge >= 0.3 is 5.97 Å². The first-order chi connectivity index (χ1) is 8.80. The van der Waals surface area contributed by atoms with Gasteiger partial charge in [-0.15, -0.1) is 0 Å². The number of hydrogen-bond acceptors (Lipinski definition) is 2. The molecule has 3 saturated carbocycles. The minimum Gasteiger partial charge on any atom is -0.480 e. The predicted octanol–water partition coefficient (Wildman–Crippen LogP) is 2.45. The van der Waals surface area contributed by atoms with E-state index in [0.717, 1.165) is 19.3 Å². The topological polar surface area (TPSA) is 63.3 Å². The summed E-state index contributed by atoms with van der Waals surface area (Å²) >= 11 is 0. The van der Waals surface area contributed by atoms with Crippen LogP contribution in [0.2, 0.25) is 0 Å². The Labute approximate surface area is 113 Å². The number of carboxylic acids is 1. The second-order valence-electron chi connectivity index (χ2n) is 6.76. The summed E-state index contributed by atoms with van der Waals surface area (Å²) in [7, 11) is 0. The highest BCUT2D eigenvalue weighted by Crippen LogP contribution is 2.75. The minimum atomic E-state index is -0.856. The molecule has 0 saturated heterocycles. The molecule has 0 aromatic heterocycles. The van der Waals surface area contributed by atoms with Crippen molar-refractivity contribution in [2.45, 2.75) is 51.5 Å². The average Bonchev–Trinajstić information content (AvgIpc) is 2.17. The molecule has 3 fully saturated rings. The van der Waals surface area contributed by atoms with Crippen LogP contribution in [0.1, 0.15) is 41.5 Å². The van der Waals surface area contributed by atoms with E-state index < -0.39 is 12.0 Å². The Kier molecular flexibility index (Phi) is 2.40. The molecule has 1 aromatic carbocycles. The number of carbonyl (C=O) groups is 1. The molecular weight excluding hydrogens is 238 g/mol. The maximum atomic E-state index is 11.1. The van der Waals surface area contributed by atoms with Crippen molar-refractivity contribution < 1.29 is 9.90 Å². The van der Waals surface area contributed by atoms with E-state index in [1.54, 1.807) is 0 Å². The third-order valence-electron chi connectivity index (χ3n) is 5.20. The summed E-state index contributed by atoms with van der Waals surface area (Å²) in [4.78, 5) is 11.1. The molecule has 3 aliphatic carbocycles. The predicted molar refractivity (Wildman–Crippen MR) is 74.2 cm³/mol. The molecule has 0 amide bonds. The van der Waals surface area contributed by atoms with Crippen LogP contribution in [0.3, 0.4) is 0 Å². The highest BCUT2D eigenvalue weighted by molar-refractivity contribution is 5.76. The molecule has 3 N–H and O–H groups in total. The lowest BCUT2D eigenvalue weighted by molar-refractivity contribution is -0.179. The largest absolute Gasteiger partial charge is 0.480 e. The van der Waals surface area contributed by atoms with E-state index in [2.05, 4.69) is 32.9 Å². The standard InChI is InChI=1S/C16H21NO2/c1-9-4-10(2)12(11(3)5-9)15-6-16(7-15,8-15)13(17)14(18)19/h4-5,13H,6-8,17H2,1-3H3,(H,18,19).